The van der Waals surface area contributed by atoms with E-state index in [-0.39, 0.29) is 0 Å². The lowest BCUT2D eigenvalue weighted by Gasteiger charge is -2.11. The van der Waals surface area contributed by atoms with Crippen LogP contribution in [-0.2, 0) is 19.5 Å². The van der Waals surface area contributed by atoms with Crippen LogP contribution in [0.4, 0.5) is 5.82 Å². The summed E-state index contributed by atoms with van der Waals surface area (Å²) in [5.74, 6) is 0.510. The minimum Gasteiger partial charge on any atom is -0.382 e. The van der Waals surface area contributed by atoms with Gasteiger partial charge in [-0.1, -0.05) is 69.7 Å². The fourth-order valence-electron chi connectivity index (χ4n) is 3.89. The van der Waals surface area contributed by atoms with Gasteiger partial charge in [0.15, 0.2) is 5.82 Å². The monoisotopic (exact) mass is 401 g/mol. The zero-order chi connectivity index (χ0) is 21.1. The molecule has 0 bridgehead atoms. The molecule has 156 valence electrons. The van der Waals surface area contributed by atoms with Crippen molar-refractivity contribution in [2.75, 3.05) is 5.73 Å². The van der Waals surface area contributed by atoms with E-state index in [4.69, 9.17) is 10.8 Å². The van der Waals surface area contributed by atoms with Crippen LogP contribution < -0.4 is 11.1 Å². The molecule has 0 radical (unpaired) electrons. The zero-order valence-electron chi connectivity index (χ0n) is 18.2. The fourth-order valence-corrected chi connectivity index (χ4v) is 3.89. The SMILES string of the molecule is CCCCn1nc2c(N)nc3ccccc3c2c1Cc1ccc(CNC(C)C)cc1. The average Bonchev–Trinajstić information content (AvgIpc) is 3.11. The number of benzene rings is 2. The summed E-state index contributed by atoms with van der Waals surface area (Å²) in [6.07, 6.45) is 3.04. The molecule has 0 spiro atoms. The van der Waals surface area contributed by atoms with Crippen LogP contribution in [0.15, 0.2) is 48.5 Å². The number of hydrogen-bond donors (Lipinski definition) is 2. The summed E-state index contributed by atoms with van der Waals surface area (Å²) >= 11 is 0. The second-order valence-electron chi connectivity index (χ2n) is 8.29. The molecule has 5 nitrogen and oxygen atoms in total. The molecule has 5 heteroatoms. The largest absolute Gasteiger partial charge is 0.382 e. The van der Waals surface area contributed by atoms with E-state index >= 15 is 0 Å². The zero-order valence-corrected chi connectivity index (χ0v) is 18.2. The Morgan fingerprint density at radius 2 is 1.77 bits per heavy atom. The van der Waals surface area contributed by atoms with Crippen LogP contribution in [0.25, 0.3) is 21.8 Å². The summed E-state index contributed by atoms with van der Waals surface area (Å²) in [7, 11) is 0. The quantitative estimate of drug-likeness (QED) is 0.433. The van der Waals surface area contributed by atoms with Gasteiger partial charge in [-0.3, -0.25) is 4.68 Å². The minimum absolute atomic E-state index is 0.483. The molecule has 4 rings (SSSR count). The number of hydrogen-bond acceptors (Lipinski definition) is 4. The Kier molecular flexibility index (Phi) is 6.00. The molecule has 2 heterocycles. The highest BCUT2D eigenvalue weighted by molar-refractivity contribution is 6.09. The maximum atomic E-state index is 6.31. The van der Waals surface area contributed by atoms with E-state index in [1.165, 1.54) is 16.8 Å². The number of unbranched alkanes of at least 4 members (excludes halogenated alkanes) is 1. The van der Waals surface area contributed by atoms with Gasteiger partial charge in [-0.15, -0.1) is 0 Å². The number of aryl methyl sites for hydroxylation is 1. The van der Waals surface area contributed by atoms with Crippen LogP contribution in [0.3, 0.4) is 0 Å². The molecule has 0 atom stereocenters. The summed E-state index contributed by atoms with van der Waals surface area (Å²) in [6.45, 7) is 8.33. The Balaban J connectivity index is 1.76. The Morgan fingerprint density at radius 3 is 2.50 bits per heavy atom. The van der Waals surface area contributed by atoms with Crippen molar-refractivity contribution in [1.82, 2.24) is 20.1 Å². The normalized spacial score (nSPS) is 11.7. The van der Waals surface area contributed by atoms with Crippen LogP contribution in [-0.4, -0.2) is 20.8 Å². The van der Waals surface area contributed by atoms with Crippen molar-refractivity contribution in [2.24, 2.45) is 0 Å². The Bertz CT molecular complexity index is 1140. The number of aromatic nitrogens is 3. The molecule has 3 N–H and O–H groups in total. The van der Waals surface area contributed by atoms with E-state index in [1.807, 2.05) is 12.1 Å². The summed E-state index contributed by atoms with van der Waals surface area (Å²) in [6, 6.07) is 17.6. The molecule has 4 aromatic rings. The lowest BCUT2D eigenvalue weighted by Crippen LogP contribution is -2.21. The molecule has 0 fully saturated rings. The van der Waals surface area contributed by atoms with Gasteiger partial charge in [0.2, 0.25) is 0 Å². The van der Waals surface area contributed by atoms with Crippen LogP contribution in [0, 0.1) is 0 Å². The second kappa shape index (κ2) is 8.84. The first-order valence-corrected chi connectivity index (χ1v) is 10.9. The van der Waals surface area contributed by atoms with Crippen molar-refractivity contribution in [3.63, 3.8) is 0 Å². The number of nitrogen functional groups attached to an aromatic ring is 1. The first-order chi connectivity index (χ1) is 14.6. The van der Waals surface area contributed by atoms with Gasteiger partial charge in [0.05, 0.1) is 11.2 Å². The Hall–Kier alpha value is -2.92. The standard InChI is InChI=1S/C25H31N5/c1-4-5-14-30-22(15-18-10-12-19(13-11-18)16-27-17(2)3)23-20-8-6-7-9-21(20)28-25(26)24(23)29-30/h6-13,17,27H,4-5,14-16H2,1-3H3,(H2,26,28). The molecular weight excluding hydrogens is 370 g/mol. The van der Waals surface area contributed by atoms with Crippen molar-refractivity contribution in [3.05, 3.63) is 65.4 Å². The average molecular weight is 402 g/mol. The molecule has 0 unspecified atom stereocenters. The Morgan fingerprint density at radius 1 is 1.03 bits per heavy atom. The summed E-state index contributed by atoms with van der Waals surface area (Å²) in [4.78, 5) is 4.59. The molecule has 0 aliphatic rings. The molecule has 0 aliphatic carbocycles. The van der Waals surface area contributed by atoms with Gasteiger partial charge in [0, 0.05) is 36.3 Å². The highest BCUT2D eigenvalue weighted by Gasteiger charge is 2.18. The number of rotatable bonds is 8. The second-order valence-corrected chi connectivity index (χ2v) is 8.29. The molecular formula is C25H31N5. The van der Waals surface area contributed by atoms with Gasteiger partial charge in [-0.2, -0.15) is 5.10 Å². The van der Waals surface area contributed by atoms with Gasteiger partial charge in [-0.05, 0) is 23.6 Å². The van der Waals surface area contributed by atoms with E-state index in [0.29, 0.717) is 11.9 Å². The van der Waals surface area contributed by atoms with Gasteiger partial charge in [0.1, 0.15) is 5.52 Å². The molecule has 0 saturated carbocycles. The first kappa shape index (κ1) is 20.4. The summed E-state index contributed by atoms with van der Waals surface area (Å²) in [5, 5.41) is 10.6. The predicted molar refractivity (Wildman–Crippen MR) is 126 cm³/mol. The summed E-state index contributed by atoms with van der Waals surface area (Å²) < 4.78 is 2.15. The van der Waals surface area contributed by atoms with E-state index in [9.17, 15) is 0 Å². The summed E-state index contributed by atoms with van der Waals surface area (Å²) in [5.41, 5.74) is 11.9. The highest BCUT2D eigenvalue weighted by Crippen LogP contribution is 2.31. The third kappa shape index (κ3) is 4.17. The first-order valence-electron chi connectivity index (χ1n) is 10.9. The number of nitrogens with zero attached hydrogens (tertiary/aromatic N) is 3. The Labute approximate surface area is 178 Å². The van der Waals surface area contributed by atoms with E-state index in [1.54, 1.807) is 0 Å². The van der Waals surface area contributed by atoms with Crippen molar-refractivity contribution >= 4 is 27.6 Å². The maximum Gasteiger partial charge on any atom is 0.152 e. The maximum absolute atomic E-state index is 6.31. The van der Waals surface area contributed by atoms with Crippen LogP contribution in [0.5, 0.6) is 0 Å². The smallest absolute Gasteiger partial charge is 0.152 e. The van der Waals surface area contributed by atoms with Crippen molar-refractivity contribution in [2.45, 2.75) is 59.2 Å². The lowest BCUT2D eigenvalue weighted by atomic mass is 10.0. The van der Waals surface area contributed by atoms with Gasteiger partial charge < -0.3 is 11.1 Å². The lowest BCUT2D eigenvalue weighted by molar-refractivity contribution is 0.558. The third-order valence-corrected chi connectivity index (χ3v) is 5.55. The van der Waals surface area contributed by atoms with Gasteiger partial charge in [0.25, 0.3) is 0 Å². The van der Waals surface area contributed by atoms with E-state index in [0.717, 1.165) is 54.2 Å². The fraction of sp³-hybridized carbons (Fsp3) is 0.360. The van der Waals surface area contributed by atoms with Crippen LogP contribution >= 0.6 is 0 Å². The number of anilines is 1. The van der Waals surface area contributed by atoms with Crippen molar-refractivity contribution in [1.29, 1.82) is 0 Å². The van der Waals surface area contributed by atoms with Crippen molar-refractivity contribution in [3.8, 4) is 0 Å². The predicted octanol–water partition coefficient (Wildman–Crippen LogP) is 5.06. The molecule has 0 amide bonds. The molecule has 30 heavy (non-hydrogen) atoms. The van der Waals surface area contributed by atoms with Crippen molar-refractivity contribution < 1.29 is 0 Å². The molecule has 0 saturated heterocycles. The number of pyridine rings is 1. The highest BCUT2D eigenvalue weighted by atomic mass is 15.3. The van der Waals surface area contributed by atoms with Gasteiger partial charge >= 0.3 is 0 Å². The number of nitrogens with two attached hydrogens (primary N) is 1. The molecule has 2 aromatic carbocycles. The van der Waals surface area contributed by atoms with Gasteiger partial charge in [-0.25, -0.2) is 4.98 Å². The third-order valence-electron chi connectivity index (χ3n) is 5.55. The van der Waals surface area contributed by atoms with Crippen LogP contribution in [0.2, 0.25) is 0 Å². The number of nitrogens with one attached hydrogen (secondary N) is 1. The molecule has 2 aromatic heterocycles. The minimum atomic E-state index is 0.483. The number of fused-ring (bicyclic) bond motifs is 3. The van der Waals surface area contributed by atoms with E-state index < -0.39 is 0 Å². The van der Waals surface area contributed by atoms with Crippen LogP contribution in [0.1, 0.15) is 50.4 Å². The topological polar surface area (TPSA) is 68.8 Å². The van der Waals surface area contributed by atoms with E-state index in [2.05, 4.69) is 72.2 Å². The molecule has 0 aliphatic heterocycles. The number of para-hydroxylation sites is 1.